The van der Waals surface area contributed by atoms with Crippen LogP contribution in [0.4, 0.5) is 10.5 Å². The minimum absolute atomic E-state index is 0.0581. The number of anilines is 1. The molecular weight excluding hydrogens is 525 g/mol. The normalized spacial score (nSPS) is 12.4. The molecule has 3 aromatic carbocycles. The number of rotatable bonds is 4. The number of carbonyl (C=O) groups is 2. The molecule has 0 bridgehead atoms. The number of nitrogens with one attached hydrogen (secondary N) is 1. The molecule has 0 unspecified atom stereocenters. The van der Waals surface area contributed by atoms with Crippen molar-refractivity contribution in [3.8, 4) is 11.1 Å². The van der Waals surface area contributed by atoms with E-state index in [0.29, 0.717) is 5.39 Å². The summed E-state index contributed by atoms with van der Waals surface area (Å²) in [5.74, 6) is -1.14. The second-order valence-electron chi connectivity index (χ2n) is 7.20. The number of fused-ring (bicyclic) bond motifs is 4. The Morgan fingerprint density at radius 2 is 1.65 bits per heavy atom. The van der Waals surface area contributed by atoms with E-state index in [9.17, 15) is 14.7 Å². The summed E-state index contributed by atoms with van der Waals surface area (Å²) in [6, 6.07) is 21.8. The molecule has 1 aliphatic rings. The number of hydrogen-bond donors (Lipinski definition) is 2. The summed E-state index contributed by atoms with van der Waals surface area (Å²) in [6.45, 7) is 0.169. The highest BCUT2D eigenvalue weighted by Gasteiger charge is 2.29. The van der Waals surface area contributed by atoms with Gasteiger partial charge in [0.05, 0.1) is 5.69 Å². The molecule has 5 rings (SSSR count). The number of carboxylic acids is 1. The highest BCUT2D eigenvalue weighted by atomic mass is 127. The van der Waals surface area contributed by atoms with Gasteiger partial charge in [0, 0.05) is 19.6 Å². The lowest BCUT2D eigenvalue weighted by Crippen LogP contribution is -2.18. The van der Waals surface area contributed by atoms with Crippen LogP contribution in [-0.4, -0.2) is 23.8 Å². The highest BCUT2D eigenvalue weighted by Crippen LogP contribution is 2.44. The smallest absolute Gasteiger partial charge is 0.411 e. The first-order valence-electron chi connectivity index (χ1n) is 9.60. The van der Waals surface area contributed by atoms with Crippen molar-refractivity contribution >= 4 is 61.8 Å². The van der Waals surface area contributed by atoms with Crippen LogP contribution in [0.1, 0.15) is 26.7 Å². The van der Waals surface area contributed by atoms with Gasteiger partial charge in [-0.25, -0.2) is 9.59 Å². The lowest BCUT2D eigenvalue weighted by Gasteiger charge is -2.14. The molecule has 0 saturated carbocycles. The second-order valence-corrected chi connectivity index (χ2v) is 9.50. The standard InChI is InChI=1S/C24H16INO4S/c25-13-9-10-20-18(11-13)21(22(31-20)23(27)28)26-24(29)30-12-19-16-7-3-1-5-14(16)15-6-2-4-8-17(15)19/h1-11,19H,12H2,(H,26,29)(H,27,28). The maximum atomic E-state index is 12.7. The molecule has 5 nitrogen and oxygen atoms in total. The second kappa shape index (κ2) is 7.97. The number of halogens is 1. The molecular formula is C24H16INO4S. The number of amides is 1. The SMILES string of the molecule is O=C(Nc1c(C(=O)O)sc2ccc(I)cc12)OCC1c2ccccc2-c2ccccc21. The molecule has 7 heteroatoms. The third-order valence-electron chi connectivity index (χ3n) is 5.42. The van der Waals surface area contributed by atoms with E-state index >= 15 is 0 Å². The van der Waals surface area contributed by atoms with E-state index < -0.39 is 12.1 Å². The Balaban J connectivity index is 1.40. The van der Waals surface area contributed by atoms with E-state index in [1.807, 2.05) is 42.5 Å². The molecule has 4 aromatic rings. The average molecular weight is 541 g/mol. The first-order chi connectivity index (χ1) is 15.0. The van der Waals surface area contributed by atoms with Gasteiger partial charge in [-0.2, -0.15) is 0 Å². The van der Waals surface area contributed by atoms with Crippen LogP contribution in [0.3, 0.4) is 0 Å². The van der Waals surface area contributed by atoms with Crippen LogP contribution in [-0.2, 0) is 4.74 Å². The van der Waals surface area contributed by atoms with Gasteiger partial charge in [-0.05, 0) is 63.0 Å². The summed E-state index contributed by atoms with van der Waals surface area (Å²) in [6.07, 6.45) is -0.664. The molecule has 0 aliphatic heterocycles. The van der Waals surface area contributed by atoms with E-state index in [1.54, 1.807) is 0 Å². The number of aromatic carboxylic acids is 1. The van der Waals surface area contributed by atoms with Crippen molar-refractivity contribution in [3.63, 3.8) is 0 Å². The van der Waals surface area contributed by atoms with Gasteiger partial charge < -0.3 is 9.84 Å². The minimum Gasteiger partial charge on any atom is -0.477 e. The van der Waals surface area contributed by atoms with Gasteiger partial charge in [-0.1, -0.05) is 48.5 Å². The number of benzene rings is 3. The molecule has 1 amide bonds. The van der Waals surface area contributed by atoms with E-state index in [0.717, 1.165) is 41.9 Å². The zero-order chi connectivity index (χ0) is 21.5. The monoisotopic (exact) mass is 541 g/mol. The zero-order valence-corrected chi connectivity index (χ0v) is 19.1. The lowest BCUT2D eigenvalue weighted by atomic mass is 9.98. The third-order valence-corrected chi connectivity index (χ3v) is 7.24. The topological polar surface area (TPSA) is 75.6 Å². The summed E-state index contributed by atoms with van der Waals surface area (Å²) in [5.41, 5.74) is 4.83. The highest BCUT2D eigenvalue weighted by molar-refractivity contribution is 14.1. The Morgan fingerprint density at radius 1 is 1.00 bits per heavy atom. The van der Waals surface area contributed by atoms with Crippen molar-refractivity contribution < 1.29 is 19.4 Å². The van der Waals surface area contributed by atoms with Crippen molar-refractivity contribution in [1.29, 1.82) is 0 Å². The fraction of sp³-hybridized carbons (Fsp3) is 0.0833. The van der Waals surface area contributed by atoms with Crippen LogP contribution in [0.5, 0.6) is 0 Å². The summed E-state index contributed by atoms with van der Waals surface area (Å²) in [4.78, 5) is 24.5. The molecule has 154 valence electrons. The van der Waals surface area contributed by atoms with Crippen LogP contribution in [0, 0.1) is 3.57 Å². The Kier molecular flexibility index (Phi) is 5.15. The van der Waals surface area contributed by atoms with Gasteiger partial charge in [-0.3, -0.25) is 5.32 Å². The Morgan fingerprint density at radius 3 is 2.29 bits per heavy atom. The Hall–Kier alpha value is -2.91. The molecule has 1 heterocycles. The van der Waals surface area contributed by atoms with E-state index in [1.165, 1.54) is 0 Å². The first-order valence-corrected chi connectivity index (χ1v) is 11.5. The minimum atomic E-state index is -1.08. The van der Waals surface area contributed by atoms with Crippen LogP contribution < -0.4 is 5.32 Å². The maximum absolute atomic E-state index is 12.7. The van der Waals surface area contributed by atoms with Crippen molar-refractivity contribution in [1.82, 2.24) is 0 Å². The number of carboxylic acid groups (broad SMARTS) is 1. The van der Waals surface area contributed by atoms with E-state index in [4.69, 9.17) is 4.74 Å². The van der Waals surface area contributed by atoms with Crippen LogP contribution in [0.15, 0.2) is 66.7 Å². The van der Waals surface area contributed by atoms with Gasteiger partial charge in [0.25, 0.3) is 0 Å². The fourth-order valence-electron chi connectivity index (χ4n) is 4.08. The van der Waals surface area contributed by atoms with Crippen molar-refractivity contribution in [2.45, 2.75) is 5.92 Å². The van der Waals surface area contributed by atoms with Crippen molar-refractivity contribution in [2.24, 2.45) is 0 Å². The van der Waals surface area contributed by atoms with Gasteiger partial charge >= 0.3 is 12.1 Å². The molecule has 1 aliphatic carbocycles. The van der Waals surface area contributed by atoms with Gasteiger partial charge in [-0.15, -0.1) is 11.3 Å². The molecule has 1 aromatic heterocycles. The quantitative estimate of drug-likeness (QED) is 0.287. The average Bonchev–Trinajstić information content (AvgIpc) is 3.28. The summed E-state index contributed by atoms with van der Waals surface area (Å²) in [5, 5.41) is 13.0. The number of carbonyl (C=O) groups excluding carboxylic acids is 1. The van der Waals surface area contributed by atoms with E-state index in [2.05, 4.69) is 52.2 Å². The molecule has 0 atom stereocenters. The summed E-state index contributed by atoms with van der Waals surface area (Å²) < 4.78 is 7.34. The molecule has 2 N–H and O–H groups in total. The van der Waals surface area contributed by atoms with Crippen LogP contribution >= 0.6 is 33.9 Å². The maximum Gasteiger partial charge on any atom is 0.411 e. The molecule has 0 radical (unpaired) electrons. The van der Waals surface area contributed by atoms with Crippen LogP contribution in [0.25, 0.3) is 21.2 Å². The van der Waals surface area contributed by atoms with Gasteiger partial charge in [0.2, 0.25) is 0 Å². The predicted octanol–water partition coefficient (Wildman–Crippen LogP) is 6.57. The first kappa shape index (κ1) is 20.0. The van der Waals surface area contributed by atoms with Gasteiger partial charge in [0.1, 0.15) is 11.5 Å². The molecule has 0 saturated heterocycles. The Bertz CT molecular complexity index is 1300. The zero-order valence-electron chi connectivity index (χ0n) is 16.1. The molecule has 0 fully saturated rings. The number of hydrogen-bond acceptors (Lipinski definition) is 4. The number of ether oxygens (including phenoxy) is 1. The van der Waals surface area contributed by atoms with E-state index in [-0.39, 0.29) is 23.1 Å². The third kappa shape index (κ3) is 3.57. The molecule has 31 heavy (non-hydrogen) atoms. The Labute approximate surface area is 195 Å². The summed E-state index contributed by atoms with van der Waals surface area (Å²) >= 11 is 3.30. The predicted molar refractivity (Wildman–Crippen MR) is 130 cm³/mol. The largest absolute Gasteiger partial charge is 0.477 e. The van der Waals surface area contributed by atoms with Crippen molar-refractivity contribution in [2.75, 3.05) is 11.9 Å². The number of thiophene rings is 1. The van der Waals surface area contributed by atoms with Gasteiger partial charge in [0.15, 0.2) is 0 Å². The van der Waals surface area contributed by atoms with Crippen LogP contribution in [0.2, 0.25) is 0 Å². The lowest BCUT2D eigenvalue weighted by molar-refractivity contribution is 0.0703. The summed E-state index contributed by atoms with van der Waals surface area (Å²) in [7, 11) is 0. The fourth-order valence-corrected chi connectivity index (χ4v) is 5.55. The van der Waals surface area contributed by atoms with Crippen molar-refractivity contribution in [3.05, 3.63) is 86.3 Å². The molecule has 0 spiro atoms.